The van der Waals surface area contributed by atoms with Crippen molar-refractivity contribution in [2.45, 2.75) is 6.92 Å². The van der Waals surface area contributed by atoms with E-state index in [1.54, 1.807) is 0 Å². The van der Waals surface area contributed by atoms with Crippen LogP contribution < -0.4 is 0 Å². The van der Waals surface area contributed by atoms with Gasteiger partial charge in [0, 0.05) is 5.56 Å². The van der Waals surface area contributed by atoms with E-state index in [0.29, 0.717) is 0 Å². The Labute approximate surface area is 196 Å². The summed E-state index contributed by atoms with van der Waals surface area (Å²) in [6, 6.07) is 33.3. The minimum atomic E-state index is -2.61. The zero-order valence-corrected chi connectivity index (χ0v) is 20.1. The summed E-state index contributed by atoms with van der Waals surface area (Å²) in [5.41, 5.74) is 5.74. The van der Waals surface area contributed by atoms with E-state index in [9.17, 15) is 0 Å². The fraction of sp³-hybridized carbons (Fsp3) is 0.0417. The molecule has 1 aromatic heterocycles. The summed E-state index contributed by atoms with van der Waals surface area (Å²) in [6.45, 7) is 2.09. The van der Waals surface area contributed by atoms with Crippen LogP contribution in [-0.4, -0.2) is 0 Å². The van der Waals surface area contributed by atoms with Gasteiger partial charge in [-0.3, -0.25) is 0 Å². The predicted molar refractivity (Wildman–Crippen MR) is 128 cm³/mol. The van der Waals surface area contributed by atoms with Crippen molar-refractivity contribution < 1.29 is 13.6 Å². The first-order valence-corrected chi connectivity index (χ1v) is 15.1. The number of halogens is 4. The second-order valence-corrected chi connectivity index (χ2v) is 17.4. The molecule has 0 saturated heterocycles. The summed E-state index contributed by atoms with van der Waals surface area (Å²) >= 11 is 0. The molecule has 1 heterocycles. The van der Waals surface area contributed by atoms with Crippen LogP contribution in [0.4, 0.5) is 0 Å². The molecule has 6 heteroatoms. The number of aryl methyl sites for hydroxylation is 1. The Morgan fingerprint density at radius 1 is 0.533 bits per heavy atom. The normalized spacial score (nSPS) is 11.4. The van der Waals surface area contributed by atoms with E-state index in [1.807, 2.05) is 24.3 Å². The van der Waals surface area contributed by atoms with Gasteiger partial charge < -0.3 is 0 Å². The number of rotatable bonds is 3. The summed E-state index contributed by atoms with van der Waals surface area (Å²) in [6.07, 6.45) is 0. The van der Waals surface area contributed by atoms with Crippen LogP contribution in [0.15, 0.2) is 101 Å². The molecule has 0 spiro atoms. The summed E-state index contributed by atoms with van der Waals surface area (Å²) in [5, 5.41) is 0. The monoisotopic (exact) mass is 519 g/mol. The Bertz CT molecular complexity index is 1020. The summed E-state index contributed by atoms with van der Waals surface area (Å²) < 4.78 is 6.25. The molecule has 157 valence electrons. The second-order valence-electron chi connectivity index (χ2n) is 6.48. The van der Waals surface area contributed by atoms with Crippen LogP contribution in [0.2, 0.25) is 0 Å². The molecule has 0 radical (unpaired) electrons. The van der Waals surface area contributed by atoms with E-state index in [1.165, 1.54) is 11.1 Å². The first kappa shape index (κ1) is 23.2. The van der Waals surface area contributed by atoms with E-state index in [0.717, 1.165) is 28.2 Å². The minimum absolute atomic E-state index is 0.873. The number of benzene rings is 3. The third-order valence-electron chi connectivity index (χ3n) is 4.29. The van der Waals surface area contributed by atoms with Crippen molar-refractivity contribution in [1.82, 2.24) is 0 Å². The molecular formula is C24H19Cl4FeO. The molecule has 0 amide bonds. The van der Waals surface area contributed by atoms with Gasteiger partial charge in [0.2, 0.25) is 0 Å². The first-order valence-electron chi connectivity index (χ1n) is 8.99. The summed E-state index contributed by atoms with van der Waals surface area (Å²) in [7, 11) is 17.2. The van der Waals surface area contributed by atoms with Gasteiger partial charge in [0.15, 0.2) is 0 Å². The van der Waals surface area contributed by atoms with Gasteiger partial charge in [-0.1, -0.05) is 66.2 Å². The number of hydrogen-bond acceptors (Lipinski definition) is 0. The third kappa shape index (κ3) is 7.32. The van der Waals surface area contributed by atoms with E-state index in [4.69, 9.17) is 44.8 Å². The van der Waals surface area contributed by atoms with Crippen molar-refractivity contribution >= 4 is 40.4 Å². The second kappa shape index (κ2) is 10.7. The Morgan fingerprint density at radius 2 is 0.933 bits per heavy atom. The molecule has 0 aliphatic heterocycles. The van der Waals surface area contributed by atoms with Gasteiger partial charge in [-0.25, -0.2) is 4.42 Å². The molecule has 4 aromatic rings. The molecule has 1 nitrogen and oxygen atoms in total. The standard InChI is InChI=1S/C24H19O.4ClH.Fe/c1-18-12-14-21(15-13-18)24-17-22(19-8-4-2-5-9-19)16-23(25-24)20-10-6-3-7-11-20;;;;;/h2-17H,1H3;4*1H;/q+1;;;;;+3/p-4. The Balaban J connectivity index is 0.000000461. The van der Waals surface area contributed by atoms with E-state index in [2.05, 4.69) is 79.7 Å². The SMILES string of the molecule is Cc1ccc(-c2cc(-c3ccccc3)cc(-c3ccccc3)[o+]2)cc1.[Cl][Fe-]([Cl])([Cl])[Cl]. The Kier molecular flexibility index (Phi) is 8.25. The maximum atomic E-state index is 6.25. The molecule has 3 aromatic carbocycles. The van der Waals surface area contributed by atoms with Crippen LogP contribution in [0.1, 0.15) is 5.56 Å². The molecule has 0 atom stereocenters. The first-order chi connectivity index (χ1) is 14.3. The van der Waals surface area contributed by atoms with Gasteiger partial charge in [-0.2, -0.15) is 0 Å². The van der Waals surface area contributed by atoms with Crippen LogP contribution in [0, 0.1) is 6.92 Å². The zero-order chi connectivity index (χ0) is 21.6. The average Bonchev–Trinajstić information content (AvgIpc) is 2.74. The Hall–Kier alpha value is -1.51. The van der Waals surface area contributed by atoms with Crippen molar-refractivity contribution in [3.05, 3.63) is 103 Å². The van der Waals surface area contributed by atoms with Gasteiger partial charge in [-0.15, -0.1) is 0 Å². The van der Waals surface area contributed by atoms with Crippen LogP contribution in [0.3, 0.4) is 0 Å². The van der Waals surface area contributed by atoms with Crippen LogP contribution in [0.25, 0.3) is 33.8 Å². The fourth-order valence-electron chi connectivity index (χ4n) is 2.90. The number of hydrogen-bond donors (Lipinski definition) is 0. The van der Waals surface area contributed by atoms with Crippen LogP contribution in [0.5, 0.6) is 0 Å². The maximum absolute atomic E-state index is 6.25. The molecule has 30 heavy (non-hydrogen) atoms. The van der Waals surface area contributed by atoms with Crippen molar-refractivity contribution in [3.63, 3.8) is 0 Å². The summed E-state index contributed by atoms with van der Waals surface area (Å²) in [4.78, 5) is 0. The predicted octanol–water partition coefficient (Wildman–Crippen LogP) is 9.63. The van der Waals surface area contributed by atoms with Gasteiger partial charge in [0.05, 0.1) is 23.3 Å². The quantitative estimate of drug-likeness (QED) is 0.193. The zero-order valence-electron chi connectivity index (χ0n) is 16.0. The van der Waals surface area contributed by atoms with Gasteiger partial charge in [0.25, 0.3) is 0 Å². The molecule has 0 aliphatic rings. The van der Waals surface area contributed by atoms with E-state index < -0.39 is 9.20 Å². The average molecular weight is 521 g/mol. The molecule has 4 rings (SSSR count). The van der Waals surface area contributed by atoms with Gasteiger partial charge in [0.1, 0.15) is 0 Å². The molecule has 0 unspecified atom stereocenters. The van der Waals surface area contributed by atoms with Crippen LogP contribution >= 0.6 is 40.4 Å². The van der Waals surface area contributed by atoms with Crippen molar-refractivity contribution in [1.29, 1.82) is 0 Å². The molecule has 0 N–H and O–H groups in total. The third-order valence-corrected chi connectivity index (χ3v) is 4.29. The van der Waals surface area contributed by atoms with Gasteiger partial charge >= 0.3 is 61.1 Å². The molecule has 0 aliphatic carbocycles. The van der Waals surface area contributed by atoms with Gasteiger partial charge in [-0.05, 0) is 36.8 Å². The molecule has 0 saturated carbocycles. The van der Waals surface area contributed by atoms with Crippen molar-refractivity contribution in [2.75, 3.05) is 0 Å². The molecular weight excluding hydrogens is 502 g/mol. The van der Waals surface area contributed by atoms with Crippen molar-refractivity contribution in [3.8, 4) is 33.8 Å². The molecule has 0 bridgehead atoms. The molecule has 0 fully saturated rings. The van der Waals surface area contributed by atoms with E-state index in [-0.39, 0.29) is 0 Å². The Morgan fingerprint density at radius 3 is 1.40 bits per heavy atom. The van der Waals surface area contributed by atoms with Crippen molar-refractivity contribution in [2.24, 2.45) is 0 Å². The topological polar surface area (TPSA) is 11.3 Å². The van der Waals surface area contributed by atoms with Crippen LogP contribution in [-0.2, 0) is 9.20 Å². The fourth-order valence-corrected chi connectivity index (χ4v) is 2.90. The van der Waals surface area contributed by atoms with E-state index >= 15 is 0 Å². The summed E-state index contributed by atoms with van der Waals surface area (Å²) in [5.74, 6) is 1.75.